The van der Waals surface area contributed by atoms with Crippen LogP contribution in [0.4, 0.5) is 11.5 Å². The summed E-state index contributed by atoms with van der Waals surface area (Å²) in [6.07, 6.45) is 1.50. The molecular formula is C16H12BrN3O2. The van der Waals surface area contributed by atoms with E-state index in [-0.39, 0.29) is 5.97 Å². The van der Waals surface area contributed by atoms with Gasteiger partial charge in [0.1, 0.15) is 12.1 Å². The quantitative estimate of drug-likeness (QED) is 0.719. The van der Waals surface area contributed by atoms with Gasteiger partial charge in [-0.1, -0.05) is 22.0 Å². The van der Waals surface area contributed by atoms with Crippen LogP contribution in [0, 0.1) is 0 Å². The molecule has 110 valence electrons. The summed E-state index contributed by atoms with van der Waals surface area (Å²) in [7, 11) is 1.36. The number of halogens is 1. The van der Waals surface area contributed by atoms with Crippen LogP contribution in [0.15, 0.2) is 53.3 Å². The fraction of sp³-hybridized carbons (Fsp3) is 0.0625. The molecule has 0 bridgehead atoms. The predicted molar refractivity (Wildman–Crippen MR) is 88.3 cm³/mol. The summed E-state index contributed by atoms with van der Waals surface area (Å²) in [6.45, 7) is 0. The maximum Gasteiger partial charge on any atom is 0.337 e. The van der Waals surface area contributed by atoms with E-state index in [1.54, 1.807) is 18.2 Å². The van der Waals surface area contributed by atoms with Crippen LogP contribution in [0.25, 0.3) is 10.9 Å². The standard InChI is InChI=1S/C16H12BrN3O2/c1-22-16(21)10-3-2-4-12(7-10)20-15-13-8-11(17)5-6-14(13)18-9-19-15/h2-9H,1H3,(H,18,19,20). The number of ether oxygens (including phenoxy) is 1. The van der Waals surface area contributed by atoms with Crippen LogP contribution in [0.3, 0.4) is 0 Å². The lowest BCUT2D eigenvalue weighted by Crippen LogP contribution is -2.02. The molecule has 0 unspecified atom stereocenters. The molecule has 1 aromatic heterocycles. The second kappa shape index (κ2) is 6.11. The minimum atomic E-state index is -0.376. The molecule has 1 heterocycles. The van der Waals surface area contributed by atoms with E-state index in [0.29, 0.717) is 11.4 Å². The Hall–Kier alpha value is -2.47. The molecule has 3 aromatic rings. The Kier molecular flexibility index (Phi) is 4.02. The van der Waals surface area contributed by atoms with E-state index in [0.717, 1.165) is 21.1 Å². The highest BCUT2D eigenvalue weighted by Gasteiger charge is 2.08. The second-order valence-corrected chi connectivity index (χ2v) is 5.50. The Balaban J connectivity index is 2.00. The summed E-state index contributed by atoms with van der Waals surface area (Å²) >= 11 is 3.45. The van der Waals surface area contributed by atoms with Gasteiger partial charge in [-0.05, 0) is 36.4 Å². The number of nitrogens with zero attached hydrogens (tertiary/aromatic N) is 2. The first kappa shape index (κ1) is 14.5. The summed E-state index contributed by atoms with van der Waals surface area (Å²) in [6, 6.07) is 12.9. The second-order valence-electron chi connectivity index (χ2n) is 4.58. The lowest BCUT2D eigenvalue weighted by Gasteiger charge is -2.09. The molecule has 22 heavy (non-hydrogen) atoms. The van der Waals surface area contributed by atoms with Gasteiger partial charge >= 0.3 is 5.97 Å². The zero-order valence-electron chi connectivity index (χ0n) is 11.7. The van der Waals surface area contributed by atoms with E-state index in [1.807, 2.05) is 24.3 Å². The van der Waals surface area contributed by atoms with Crippen molar-refractivity contribution in [3.05, 3.63) is 58.8 Å². The summed E-state index contributed by atoms with van der Waals surface area (Å²) in [5.41, 5.74) is 2.07. The first-order chi connectivity index (χ1) is 10.7. The Bertz CT molecular complexity index is 852. The van der Waals surface area contributed by atoms with Gasteiger partial charge in [0.15, 0.2) is 0 Å². The Morgan fingerprint density at radius 1 is 1.18 bits per heavy atom. The molecule has 3 rings (SSSR count). The van der Waals surface area contributed by atoms with Gasteiger partial charge in [0.05, 0.1) is 18.2 Å². The molecule has 0 amide bonds. The molecule has 5 nitrogen and oxygen atoms in total. The summed E-state index contributed by atoms with van der Waals surface area (Å²) < 4.78 is 5.67. The van der Waals surface area contributed by atoms with Crippen LogP contribution in [0.2, 0.25) is 0 Å². The van der Waals surface area contributed by atoms with Crippen molar-refractivity contribution < 1.29 is 9.53 Å². The molecule has 0 saturated carbocycles. The number of esters is 1. The highest BCUT2D eigenvalue weighted by Crippen LogP contribution is 2.26. The van der Waals surface area contributed by atoms with E-state index >= 15 is 0 Å². The number of hydrogen-bond acceptors (Lipinski definition) is 5. The van der Waals surface area contributed by atoms with E-state index in [4.69, 9.17) is 4.74 Å². The molecule has 0 radical (unpaired) electrons. The number of methoxy groups -OCH3 is 1. The van der Waals surface area contributed by atoms with Crippen molar-refractivity contribution in [2.45, 2.75) is 0 Å². The van der Waals surface area contributed by atoms with Crippen LogP contribution < -0.4 is 5.32 Å². The van der Waals surface area contributed by atoms with Gasteiger partial charge in [0.2, 0.25) is 0 Å². The average molecular weight is 358 g/mol. The summed E-state index contributed by atoms with van der Waals surface area (Å²) in [4.78, 5) is 20.1. The monoisotopic (exact) mass is 357 g/mol. The van der Waals surface area contributed by atoms with Gasteiger partial charge in [-0.25, -0.2) is 14.8 Å². The maximum atomic E-state index is 11.6. The lowest BCUT2D eigenvalue weighted by molar-refractivity contribution is 0.0601. The number of rotatable bonds is 3. The van der Waals surface area contributed by atoms with E-state index in [9.17, 15) is 4.79 Å². The maximum absolute atomic E-state index is 11.6. The number of nitrogens with one attached hydrogen (secondary N) is 1. The number of carbonyl (C=O) groups excluding carboxylic acids is 1. The molecular weight excluding hydrogens is 346 g/mol. The van der Waals surface area contributed by atoms with Crippen LogP contribution in [-0.2, 0) is 4.74 Å². The molecule has 0 aliphatic heterocycles. The van der Waals surface area contributed by atoms with Crippen LogP contribution >= 0.6 is 15.9 Å². The van der Waals surface area contributed by atoms with E-state index in [1.165, 1.54) is 13.4 Å². The lowest BCUT2D eigenvalue weighted by atomic mass is 10.2. The largest absolute Gasteiger partial charge is 0.465 e. The van der Waals surface area contributed by atoms with Gasteiger partial charge in [-0.3, -0.25) is 0 Å². The first-order valence-corrected chi connectivity index (χ1v) is 7.32. The Morgan fingerprint density at radius 2 is 2.05 bits per heavy atom. The van der Waals surface area contributed by atoms with Crippen molar-refractivity contribution in [1.82, 2.24) is 9.97 Å². The van der Waals surface area contributed by atoms with Gasteiger partial charge in [-0.2, -0.15) is 0 Å². The van der Waals surface area contributed by atoms with Crippen molar-refractivity contribution in [2.75, 3.05) is 12.4 Å². The number of fused-ring (bicyclic) bond motifs is 1. The number of anilines is 2. The smallest absolute Gasteiger partial charge is 0.337 e. The molecule has 0 atom stereocenters. The number of aromatic nitrogens is 2. The molecule has 0 aliphatic carbocycles. The highest BCUT2D eigenvalue weighted by molar-refractivity contribution is 9.10. The van der Waals surface area contributed by atoms with Crippen molar-refractivity contribution in [3.8, 4) is 0 Å². The third-order valence-corrected chi connectivity index (χ3v) is 3.64. The minimum absolute atomic E-state index is 0.376. The fourth-order valence-electron chi connectivity index (χ4n) is 2.11. The first-order valence-electron chi connectivity index (χ1n) is 6.53. The normalized spacial score (nSPS) is 10.5. The topological polar surface area (TPSA) is 64.1 Å². The van der Waals surface area contributed by atoms with Gasteiger partial charge in [0.25, 0.3) is 0 Å². The molecule has 0 aliphatic rings. The number of hydrogen-bond donors (Lipinski definition) is 1. The average Bonchev–Trinajstić information content (AvgIpc) is 2.55. The van der Waals surface area contributed by atoms with E-state index < -0.39 is 0 Å². The number of carbonyl (C=O) groups is 1. The fourth-order valence-corrected chi connectivity index (χ4v) is 2.47. The van der Waals surface area contributed by atoms with Crippen molar-refractivity contribution in [3.63, 3.8) is 0 Å². The SMILES string of the molecule is COC(=O)c1cccc(Nc2ncnc3ccc(Br)cc23)c1. The zero-order chi connectivity index (χ0) is 15.5. The van der Waals surface area contributed by atoms with E-state index in [2.05, 4.69) is 31.2 Å². The van der Waals surface area contributed by atoms with Crippen molar-refractivity contribution in [1.29, 1.82) is 0 Å². The minimum Gasteiger partial charge on any atom is -0.465 e. The summed E-state index contributed by atoms with van der Waals surface area (Å²) in [5, 5.41) is 4.10. The molecule has 0 spiro atoms. The molecule has 0 saturated heterocycles. The molecule has 0 fully saturated rings. The van der Waals surface area contributed by atoms with Gasteiger partial charge in [0, 0.05) is 15.5 Å². The van der Waals surface area contributed by atoms with Crippen molar-refractivity contribution in [2.24, 2.45) is 0 Å². The van der Waals surface area contributed by atoms with Crippen LogP contribution in [0.5, 0.6) is 0 Å². The molecule has 1 N–H and O–H groups in total. The van der Waals surface area contributed by atoms with Crippen LogP contribution in [-0.4, -0.2) is 23.0 Å². The Labute approximate surface area is 135 Å². The molecule has 6 heteroatoms. The Morgan fingerprint density at radius 3 is 2.86 bits per heavy atom. The zero-order valence-corrected chi connectivity index (χ0v) is 13.3. The number of benzene rings is 2. The molecule has 2 aromatic carbocycles. The van der Waals surface area contributed by atoms with Crippen molar-refractivity contribution >= 4 is 44.3 Å². The van der Waals surface area contributed by atoms with Gasteiger partial charge in [-0.15, -0.1) is 0 Å². The highest BCUT2D eigenvalue weighted by atomic mass is 79.9. The predicted octanol–water partition coefficient (Wildman–Crippen LogP) is 3.92. The van der Waals surface area contributed by atoms with Gasteiger partial charge < -0.3 is 10.1 Å². The third kappa shape index (κ3) is 2.92. The van der Waals surface area contributed by atoms with Crippen LogP contribution in [0.1, 0.15) is 10.4 Å². The summed E-state index contributed by atoms with van der Waals surface area (Å²) in [5.74, 6) is 0.298. The third-order valence-electron chi connectivity index (χ3n) is 3.14.